The van der Waals surface area contributed by atoms with Gasteiger partial charge in [-0.25, -0.2) is 15.0 Å². The zero-order valence-electron chi connectivity index (χ0n) is 14.9. The number of benzene rings is 1. The van der Waals surface area contributed by atoms with Gasteiger partial charge in [0.1, 0.15) is 23.4 Å². The van der Waals surface area contributed by atoms with Gasteiger partial charge in [-0.15, -0.1) is 0 Å². The Morgan fingerprint density at radius 2 is 1.85 bits per heavy atom. The third-order valence-electron chi connectivity index (χ3n) is 4.15. The van der Waals surface area contributed by atoms with Crippen molar-refractivity contribution in [3.8, 4) is 11.5 Å². The van der Waals surface area contributed by atoms with E-state index >= 15 is 0 Å². The summed E-state index contributed by atoms with van der Waals surface area (Å²) >= 11 is 0. The van der Waals surface area contributed by atoms with Gasteiger partial charge in [0.15, 0.2) is 0 Å². The van der Waals surface area contributed by atoms with Crippen LogP contribution in [0.25, 0.3) is 0 Å². The smallest absolute Gasteiger partial charge is 0.223 e. The van der Waals surface area contributed by atoms with E-state index in [9.17, 15) is 0 Å². The maximum Gasteiger partial charge on any atom is 0.223 e. The molecule has 0 saturated heterocycles. The van der Waals surface area contributed by atoms with E-state index in [-0.39, 0.29) is 6.04 Å². The minimum atomic E-state index is -0.190. The van der Waals surface area contributed by atoms with E-state index in [0.717, 1.165) is 22.7 Å². The third kappa shape index (κ3) is 3.37. The SMILES string of the molecule is COc1cc(NC2=NC3C=CN=C(c4ccc(N)nc4)C3=N2)cc(OC)c1. The molecule has 0 fully saturated rings. The number of aliphatic imine (C=N–C) groups is 3. The van der Waals surface area contributed by atoms with E-state index in [2.05, 4.69) is 25.3 Å². The number of ether oxygens (including phenoxy) is 2. The second-order valence-electron chi connectivity index (χ2n) is 5.91. The summed E-state index contributed by atoms with van der Waals surface area (Å²) in [5, 5.41) is 3.21. The number of anilines is 2. The van der Waals surface area contributed by atoms with Crippen molar-refractivity contribution >= 4 is 28.9 Å². The number of methoxy groups -OCH3 is 2. The van der Waals surface area contributed by atoms with E-state index in [1.807, 2.05) is 24.3 Å². The lowest BCUT2D eigenvalue weighted by molar-refractivity contribution is 0.395. The van der Waals surface area contributed by atoms with Crippen LogP contribution >= 0.6 is 0 Å². The summed E-state index contributed by atoms with van der Waals surface area (Å²) in [7, 11) is 3.21. The van der Waals surface area contributed by atoms with Gasteiger partial charge in [-0.2, -0.15) is 0 Å². The fraction of sp³-hybridized carbons (Fsp3) is 0.158. The lowest BCUT2D eigenvalue weighted by Gasteiger charge is -2.12. The van der Waals surface area contributed by atoms with Gasteiger partial charge in [0.05, 0.1) is 25.6 Å². The number of nitrogens with zero attached hydrogens (tertiary/aromatic N) is 4. The highest BCUT2D eigenvalue weighted by Crippen LogP contribution is 2.27. The van der Waals surface area contributed by atoms with Crippen LogP contribution in [0.4, 0.5) is 11.5 Å². The van der Waals surface area contributed by atoms with Crippen molar-refractivity contribution in [3.63, 3.8) is 0 Å². The van der Waals surface area contributed by atoms with Crippen molar-refractivity contribution in [2.45, 2.75) is 6.04 Å². The maximum atomic E-state index is 5.67. The number of fused-ring (bicyclic) bond motifs is 1. The molecule has 2 aromatic rings. The summed E-state index contributed by atoms with van der Waals surface area (Å²) in [4.78, 5) is 17.8. The molecule has 2 aliphatic heterocycles. The van der Waals surface area contributed by atoms with Crippen molar-refractivity contribution in [1.82, 2.24) is 4.98 Å². The zero-order chi connectivity index (χ0) is 18.8. The van der Waals surface area contributed by atoms with Gasteiger partial charge in [-0.05, 0) is 18.2 Å². The van der Waals surface area contributed by atoms with Gasteiger partial charge in [-0.3, -0.25) is 4.99 Å². The predicted molar refractivity (Wildman–Crippen MR) is 106 cm³/mol. The molecule has 0 spiro atoms. The summed E-state index contributed by atoms with van der Waals surface area (Å²) in [5.41, 5.74) is 8.78. The van der Waals surface area contributed by atoms with Gasteiger partial charge >= 0.3 is 0 Å². The lowest BCUT2D eigenvalue weighted by Crippen LogP contribution is -2.26. The highest BCUT2D eigenvalue weighted by Gasteiger charge is 2.28. The number of hydrogen-bond acceptors (Lipinski definition) is 8. The van der Waals surface area contributed by atoms with E-state index in [1.165, 1.54) is 0 Å². The maximum absolute atomic E-state index is 5.67. The fourth-order valence-electron chi connectivity index (χ4n) is 2.83. The van der Waals surface area contributed by atoms with Crippen LogP contribution < -0.4 is 20.5 Å². The summed E-state index contributed by atoms with van der Waals surface area (Å²) < 4.78 is 10.6. The molecule has 27 heavy (non-hydrogen) atoms. The number of nitrogens with one attached hydrogen (secondary N) is 1. The Hall–Kier alpha value is -3.68. The number of nitrogen functional groups attached to an aromatic ring is 1. The first-order valence-electron chi connectivity index (χ1n) is 8.29. The standard InChI is InChI=1S/C19H18N6O2/c1-26-13-7-12(8-14(9-13)27-2)23-19-24-15-5-6-21-17(18(15)25-19)11-3-4-16(20)22-10-11/h3-10,15H,1-2H3,(H2,20,22)(H,23,24). The molecule has 0 radical (unpaired) electrons. The van der Waals surface area contributed by atoms with Crippen LogP contribution in [0, 0.1) is 0 Å². The van der Waals surface area contributed by atoms with Gasteiger partial charge < -0.3 is 20.5 Å². The normalized spacial score (nSPS) is 17.6. The van der Waals surface area contributed by atoms with Crippen LogP contribution in [-0.2, 0) is 0 Å². The Bertz CT molecular complexity index is 970. The van der Waals surface area contributed by atoms with E-state index in [4.69, 9.17) is 15.2 Å². The summed E-state index contributed by atoms with van der Waals surface area (Å²) in [5.74, 6) is 2.31. The van der Waals surface area contributed by atoms with Crippen molar-refractivity contribution in [2.75, 3.05) is 25.3 Å². The number of guanidine groups is 1. The van der Waals surface area contributed by atoms with Crippen LogP contribution in [0.3, 0.4) is 0 Å². The highest BCUT2D eigenvalue weighted by molar-refractivity contribution is 6.53. The molecule has 1 aromatic carbocycles. The molecule has 0 saturated carbocycles. The topological polar surface area (TPSA) is 106 Å². The minimum absolute atomic E-state index is 0.190. The van der Waals surface area contributed by atoms with Crippen LogP contribution in [0.15, 0.2) is 63.8 Å². The molecule has 3 heterocycles. The molecule has 4 rings (SSSR count). The minimum Gasteiger partial charge on any atom is -0.497 e. The summed E-state index contributed by atoms with van der Waals surface area (Å²) in [6.45, 7) is 0. The van der Waals surface area contributed by atoms with Crippen molar-refractivity contribution in [3.05, 3.63) is 54.4 Å². The molecule has 3 N–H and O–H groups in total. The van der Waals surface area contributed by atoms with Crippen LogP contribution in [0.1, 0.15) is 5.56 Å². The van der Waals surface area contributed by atoms with E-state index in [1.54, 1.807) is 38.7 Å². The zero-order valence-corrected chi connectivity index (χ0v) is 14.9. The molecule has 1 aromatic heterocycles. The average Bonchev–Trinajstić information content (AvgIpc) is 3.10. The highest BCUT2D eigenvalue weighted by atomic mass is 16.5. The molecule has 8 heteroatoms. The first kappa shape index (κ1) is 16.8. The van der Waals surface area contributed by atoms with E-state index < -0.39 is 0 Å². The van der Waals surface area contributed by atoms with Crippen molar-refractivity contribution in [2.24, 2.45) is 15.0 Å². The van der Waals surface area contributed by atoms with E-state index in [0.29, 0.717) is 23.3 Å². The number of nitrogens with two attached hydrogens (primary N) is 1. The molecular weight excluding hydrogens is 344 g/mol. The second kappa shape index (κ2) is 6.91. The second-order valence-corrected chi connectivity index (χ2v) is 5.91. The van der Waals surface area contributed by atoms with Gasteiger partial charge in [-0.1, -0.05) is 0 Å². The molecule has 2 aliphatic rings. The summed E-state index contributed by atoms with van der Waals surface area (Å²) in [6, 6.07) is 8.92. The van der Waals surface area contributed by atoms with Crippen LogP contribution in [0.5, 0.6) is 11.5 Å². The Balaban J connectivity index is 1.61. The Kier molecular flexibility index (Phi) is 4.29. The quantitative estimate of drug-likeness (QED) is 0.868. The average molecular weight is 362 g/mol. The number of rotatable bonds is 4. The molecule has 136 valence electrons. The molecule has 0 amide bonds. The first-order valence-corrected chi connectivity index (χ1v) is 8.29. The number of hydrogen-bond donors (Lipinski definition) is 2. The van der Waals surface area contributed by atoms with Crippen LogP contribution in [-0.4, -0.2) is 42.6 Å². The Labute approximate surface area is 156 Å². The number of pyridine rings is 1. The lowest BCUT2D eigenvalue weighted by atomic mass is 10.0. The van der Waals surface area contributed by atoms with Gasteiger partial charge in [0.25, 0.3) is 0 Å². The Morgan fingerprint density at radius 3 is 2.52 bits per heavy atom. The van der Waals surface area contributed by atoms with Gasteiger partial charge in [0, 0.05) is 41.8 Å². The molecule has 1 unspecified atom stereocenters. The summed E-state index contributed by atoms with van der Waals surface area (Å²) in [6.07, 6.45) is 5.32. The number of aromatic nitrogens is 1. The largest absolute Gasteiger partial charge is 0.497 e. The fourth-order valence-corrected chi connectivity index (χ4v) is 2.83. The first-order chi connectivity index (χ1) is 13.2. The van der Waals surface area contributed by atoms with Crippen molar-refractivity contribution < 1.29 is 9.47 Å². The molecule has 0 aliphatic carbocycles. The van der Waals surface area contributed by atoms with Crippen LogP contribution in [0.2, 0.25) is 0 Å². The van der Waals surface area contributed by atoms with Crippen molar-refractivity contribution in [1.29, 1.82) is 0 Å². The monoisotopic (exact) mass is 362 g/mol. The molecule has 1 atom stereocenters. The van der Waals surface area contributed by atoms with Gasteiger partial charge in [0.2, 0.25) is 5.96 Å². The predicted octanol–water partition coefficient (Wildman–Crippen LogP) is 2.29. The Morgan fingerprint density at radius 1 is 1.07 bits per heavy atom. The third-order valence-corrected chi connectivity index (χ3v) is 4.15. The molecular formula is C19H18N6O2. The molecule has 0 bridgehead atoms. The molecule has 8 nitrogen and oxygen atoms in total.